The highest BCUT2D eigenvalue weighted by Gasteiger charge is 2.11. The number of hydrogen-bond donors (Lipinski definition) is 1. The van der Waals surface area contributed by atoms with Crippen LogP contribution in [0.1, 0.15) is 36.0 Å². The molecule has 0 radical (unpaired) electrons. The Morgan fingerprint density at radius 1 is 1.39 bits per heavy atom. The van der Waals surface area contributed by atoms with Gasteiger partial charge in [-0.2, -0.15) is 0 Å². The quantitative estimate of drug-likeness (QED) is 0.845. The molecule has 2 heterocycles. The maximum atomic E-state index is 12.1. The molecule has 0 aliphatic heterocycles. The zero-order chi connectivity index (χ0) is 17.0. The van der Waals surface area contributed by atoms with E-state index in [0.29, 0.717) is 13.0 Å². The summed E-state index contributed by atoms with van der Waals surface area (Å²) in [7, 11) is 2.03. The Bertz CT molecular complexity index is 727. The van der Waals surface area contributed by atoms with Crippen molar-refractivity contribution in [3.63, 3.8) is 0 Å². The molecule has 1 N–H and O–H groups in total. The van der Waals surface area contributed by atoms with Crippen LogP contribution in [0.25, 0.3) is 0 Å². The maximum Gasteiger partial charge on any atom is 0.307 e. The van der Waals surface area contributed by atoms with E-state index in [1.807, 2.05) is 40.1 Å². The summed E-state index contributed by atoms with van der Waals surface area (Å²) >= 11 is 1.24. The summed E-state index contributed by atoms with van der Waals surface area (Å²) in [6.07, 6.45) is 4.21. The van der Waals surface area contributed by atoms with Gasteiger partial charge in [-0.25, -0.2) is 0 Å². The minimum absolute atomic E-state index is 0.000431. The van der Waals surface area contributed by atoms with Crippen LogP contribution in [0.4, 0.5) is 0 Å². The van der Waals surface area contributed by atoms with Crippen LogP contribution < -0.4 is 10.2 Å². The van der Waals surface area contributed by atoms with E-state index in [4.69, 9.17) is 0 Å². The van der Waals surface area contributed by atoms with Crippen molar-refractivity contribution in [2.45, 2.75) is 52.6 Å². The first-order valence-electron chi connectivity index (χ1n) is 7.95. The van der Waals surface area contributed by atoms with Gasteiger partial charge < -0.3 is 14.5 Å². The minimum Gasteiger partial charge on any atom is -0.354 e. The van der Waals surface area contributed by atoms with Crippen LogP contribution in [0.5, 0.6) is 0 Å². The molecule has 2 aromatic heterocycles. The number of carbonyl (C=O) groups excluding carboxylic acids is 1. The van der Waals surface area contributed by atoms with Crippen molar-refractivity contribution in [1.29, 1.82) is 0 Å². The minimum atomic E-state index is -0.000431. The number of rotatable bonds is 7. The number of carbonyl (C=O) groups is 1. The zero-order valence-electron chi connectivity index (χ0n) is 14.3. The third kappa shape index (κ3) is 4.58. The van der Waals surface area contributed by atoms with Crippen molar-refractivity contribution < 1.29 is 4.79 Å². The first-order chi connectivity index (χ1) is 10.9. The molecule has 23 heavy (non-hydrogen) atoms. The highest BCUT2D eigenvalue weighted by Crippen LogP contribution is 2.10. The van der Waals surface area contributed by atoms with Gasteiger partial charge >= 0.3 is 4.87 Å². The molecule has 126 valence electrons. The third-order valence-corrected chi connectivity index (χ3v) is 5.23. The average molecular weight is 335 g/mol. The van der Waals surface area contributed by atoms with Gasteiger partial charge in [0.25, 0.3) is 0 Å². The van der Waals surface area contributed by atoms with Gasteiger partial charge in [-0.3, -0.25) is 9.59 Å². The van der Waals surface area contributed by atoms with Crippen LogP contribution >= 0.6 is 11.3 Å². The molecule has 0 spiro atoms. The molecule has 2 rings (SSSR count). The van der Waals surface area contributed by atoms with E-state index in [2.05, 4.69) is 16.0 Å². The highest BCUT2D eigenvalue weighted by atomic mass is 32.1. The molecule has 0 fully saturated rings. The van der Waals surface area contributed by atoms with Crippen LogP contribution in [-0.4, -0.2) is 21.1 Å². The molecule has 2 aromatic rings. The number of aryl methyl sites for hydroxylation is 3. The molecular formula is C17H25N3O2S. The van der Waals surface area contributed by atoms with Crippen LogP contribution in [0, 0.1) is 13.8 Å². The van der Waals surface area contributed by atoms with Crippen LogP contribution in [0.3, 0.4) is 0 Å². The van der Waals surface area contributed by atoms with Crippen LogP contribution in [0.15, 0.2) is 23.1 Å². The van der Waals surface area contributed by atoms with E-state index in [-0.39, 0.29) is 16.8 Å². The van der Waals surface area contributed by atoms with Crippen molar-refractivity contribution in [3.8, 4) is 0 Å². The molecule has 0 bridgehead atoms. The maximum absolute atomic E-state index is 12.1. The predicted molar refractivity (Wildman–Crippen MR) is 94.0 cm³/mol. The van der Waals surface area contributed by atoms with E-state index in [0.717, 1.165) is 23.4 Å². The third-order valence-electron chi connectivity index (χ3n) is 4.23. The lowest BCUT2D eigenvalue weighted by Crippen LogP contribution is -2.34. The average Bonchev–Trinajstić information content (AvgIpc) is 2.99. The van der Waals surface area contributed by atoms with E-state index in [1.165, 1.54) is 17.0 Å². The van der Waals surface area contributed by atoms with Gasteiger partial charge in [-0.15, -0.1) is 0 Å². The molecular weight excluding hydrogens is 310 g/mol. The van der Waals surface area contributed by atoms with Crippen LogP contribution in [-0.2, 0) is 24.8 Å². The Morgan fingerprint density at radius 2 is 2.13 bits per heavy atom. The molecule has 1 amide bonds. The predicted octanol–water partition coefficient (Wildman–Crippen LogP) is 2.39. The van der Waals surface area contributed by atoms with E-state index in [1.54, 1.807) is 4.57 Å². The summed E-state index contributed by atoms with van der Waals surface area (Å²) in [5.41, 5.74) is 2.23. The Hall–Kier alpha value is -1.82. The second-order valence-electron chi connectivity index (χ2n) is 6.03. The van der Waals surface area contributed by atoms with Crippen molar-refractivity contribution in [2.75, 3.05) is 0 Å². The van der Waals surface area contributed by atoms with Gasteiger partial charge in [0, 0.05) is 48.5 Å². The first kappa shape index (κ1) is 17.5. The first-order valence-corrected chi connectivity index (χ1v) is 8.76. The standard InChI is InChI=1S/C17H25N3O2S/c1-12(7-8-15-6-5-10-19(15)4)18-16(21)9-11-20-13(2)14(3)23-17(20)22/h5-6,10,12H,7-9,11H2,1-4H3,(H,18,21)/t12-/m1/s1. The van der Waals surface area contributed by atoms with Gasteiger partial charge in [0.2, 0.25) is 5.91 Å². The molecule has 0 aliphatic carbocycles. The van der Waals surface area contributed by atoms with Crippen molar-refractivity contribution in [1.82, 2.24) is 14.5 Å². The zero-order valence-corrected chi connectivity index (χ0v) is 15.1. The normalized spacial score (nSPS) is 12.3. The number of hydrogen-bond acceptors (Lipinski definition) is 3. The largest absolute Gasteiger partial charge is 0.354 e. The van der Waals surface area contributed by atoms with Gasteiger partial charge in [-0.05, 0) is 45.7 Å². The number of thiazole rings is 1. The van der Waals surface area contributed by atoms with E-state index < -0.39 is 0 Å². The smallest absolute Gasteiger partial charge is 0.307 e. The van der Waals surface area contributed by atoms with Crippen molar-refractivity contribution in [3.05, 3.63) is 44.3 Å². The SMILES string of the molecule is Cc1sc(=O)n(CCC(=O)N[C@H](C)CCc2cccn2C)c1C. The van der Waals surface area contributed by atoms with E-state index >= 15 is 0 Å². The lowest BCUT2D eigenvalue weighted by molar-refractivity contribution is -0.121. The second kappa shape index (κ2) is 7.64. The fraction of sp³-hybridized carbons (Fsp3) is 0.529. The Morgan fingerprint density at radius 3 is 2.70 bits per heavy atom. The summed E-state index contributed by atoms with van der Waals surface area (Å²) < 4.78 is 3.79. The highest BCUT2D eigenvalue weighted by molar-refractivity contribution is 7.09. The molecule has 0 aromatic carbocycles. The monoisotopic (exact) mass is 335 g/mol. The lowest BCUT2D eigenvalue weighted by atomic mass is 10.1. The van der Waals surface area contributed by atoms with Gasteiger partial charge in [-0.1, -0.05) is 11.3 Å². The summed E-state index contributed by atoms with van der Waals surface area (Å²) in [5, 5.41) is 3.02. The van der Waals surface area contributed by atoms with Crippen molar-refractivity contribution >= 4 is 17.2 Å². The summed E-state index contributed by atoms with van der Waals surface area (Å²) in [5.74, 6) is -0.000431. The van der Waals surface area contributed by atoms with E-state index in [9.17, 15) is 9.59 Å². The van der Waals surface area contributed by atoms with Gasteiger partial charge in [0.05, 0.1) is 0 Å². The lowest BCUT2D eigenvalue weighted by Gasteiger charge is -2.14. The van der Waals surface area contributed by atoms with Gasteiger partial charge in [0.15, 0.2) is 0 Å². The molecule has 0 saturated heterocycles. The fourth-order valence-corrected chi connectivity index (χ4v) is 3.46. The summed E-state index contributed by atoms with van der Waals surface area (Å²) in [4.78, 5) is 24.9. The number of nitrogens with one attached hydrogen (secondary N) is 1. The molecule has 0 unspecified atom stereocenters. The Balaban J connectivity index is 1.78. The summed E-state index contributed by atoms with van der Waals surface area (Å²) in [6, 6.07) is 4.25. The molecule has 0 aliphatic rings. The number of nitrogens with zero attached hydrogens (tertiary/aromatic N) is 2. The number of aromatic nitrogens is 2. The summed E-state index contributed by atoms with van der Waals surface area (Å²) in [6.45, 7) is 6.33. The Kier molecular flexibility index (Phi) is 5.82. The second-order valence-corrected chi connectivity index (χ2v) is 7.19. The van der Waals surface area contributed by atoms with Crippen molar-refractivity contribution in [2.24, 2.45) is 7.05 Å². The molecule has 6 heteroatoms. The Labute approximate surface area is 140 Å². The number of amides is 1. The molecule has 0 saturated carbocycles. The fourth-order valence-electron chi connectivity index (χ4n) is 2.60. The molecule has 1 atom stereocenters. The van der Waals surface area contributed by atoms with Crippen LogP contribution in [0.2, 0.25) is 0 Å². The van der Waals surface area contributed by atoms with Gasteiger partial charge in [0.1, 0.15) is 0 Å². The molecule has 5 nitrogen and oxygen atoms in total. The topological polar surface area (TPSA) is 56.0 Å².